The van der Waals surface area contributed by atoms with Gasteiger partial charge in [-0.05, 0) is 99.2 Å². The lowest BCUT2D eigenvalue weighted by Gasteiger charge is -2.42. The molecule has 5 heteroatoms. The van der Waals surface area contributed by atoms with Crippen molar-refractivity contribution in [1.82, 2.24) is 0 Å². The van der Waals surface area contributed by atoms with E-state index in [1.807, 2.05) is 13.8 Å². The van der Waals surface area contributed by atoms with E-state index >= 15 is 0 Å². The Balaban J connectivity index is 1.76. The molecule has 0 saturated carbocycles. The van der Waals surface area contributed by atoms with Crippen LogP contribution in [-0.2, 0) is 38.3 Å². The van der Waals surface area contributed by atoms with Gasteiger partial charge in [0.2, 0.25) is 0 Å². The van der Waals surface area contributed by atoms with E-state index in [4.69, 9.17) is 18.9 Å². The Kier molecular flexibility index (Phi) is 14.5. The predicted octanol–water partition coefficient (Wildman–Crippen LogP) is 9.82. The molecular weight excluding hydrogens is 548 g/mol. The van der Waals surface area contributed by atoms with Crippen molar-refractivity contribution in [1.29, 1.82) is 0 Å². The third-order valence-corrected chi connectivity index (χ3v) is 8.91. The van der Waals surface area contributed by atoms with E-state index in [1.165, 1.54) is 67.2 Å². The molecule has 0 amide bonds. The highest BCUT2D eigenvalue weighted by atomic mass is 16.7. The van der Waals surface area contributed by atoms with Gasteiger partial charge in [-0.3, -0.25) is 0 Å². The first-order chi connectivity index (χ1) is 21.1. The fourth-order valence-corrected chi connectivity index (χ4v) is 5.60. The number of ether oxygens (including phenoxy) is 4. The van der Waals surface area contributed by atoms with Gasteiger partial charge in [0.25, 0.3) is 0 Å². The van der Waals surface area contributed by atoms with E-state index in [0.29, 0.717) is 38.4 Å². The lowest BCUT2D eigenvalue weighted by molar-refractivity contribution is -0.289. The summed E-state index contributed by atoms with van der Waals surface area (Å²) in [5.41, 5.74) is 6.50. The van der Waals surface area contributed by atoms with Crippen molar-refractivity contribution in [3.63, 3.8) is 0 Å². The number of unbranched alkanes of at least 4 members (excludes halogenated alkanes) is 6. The Bertz CT molecular complexity index is 1170. The molecular formula is C39H58O5. The fourth-order valence-electron chi connectivity index (χ4n) is 5.60. The van der Waals surface area contributed by atoms with Crippen molar-refractivity contribution < 1.29 is 23.7 Å². The molecule has 0 aliphatic carbocycles. The summed E-state index contributed by atoms with van der Waals surface area (Å²) >= 11 is 0. The van der Waals surface area contributed by atoms with Gasteiger partial charge in [0, 0.05) is 5.57 Å². The van der Waals surface area contributed by atoms with Gasteiger partial charge >= 0.3 is 5.97 Å². The Labute approximate surface area is 267 Å². The van der Waals surface area contributed by atoms with E-state index < -0.39 is 5.79 Å². The molecule has 1 heterocycles. The zero-order valence-corrected chi connectivity index (χ0v) is 28.5. The Morgan fingerprint density at radius 2 is 1.52 bits per heavy atom. The fraction of sp³-hybridized carbons (Fsp3) is 0.615. The number of carbonyl (C=O) groups excluding carboxylic acids is 1. The average Bonchev–Trinajstić information content (AvgIpc) is 3.02. The van der Waals surface area contributed by atoms with Crippen LogP contribution in [0.15, 0.2) is 48.6 Å². The molecule has 2 aromatic rings. The minimum atomic E-state index is -0.564. The van der Waals surface area contributed by atoms with Crippen molar-refractivity contribution >= 4 is 5.97 Å². The molecule has 3 rings (SSSR count). The average molecular weight is 607 g/mol. The molecule has 0 bridgehead atoms. The quantitative estimate of drug-likeness (QED) is 0.0905. The molecule has 1 aliphatic heterocycles. The third kappa shape index (κ3) is 11.1. The first kappa shape index (κ1) is 35.8. The molecule has 0 radical (unpaired) electrons. The van der Waals surface area contributed by atoms with Crippen molar-refractivity contribution in [2.75, 3.05) is 26.4 Å². The molecule has 0 aromatic heterocycles. The molecule has 1 fully saturated rings. The molecule has 0 unspecified atom stereocenters. The highest BCUT2D eigenvalue weighted by Crippen LogP contribution is 2.36. The summed E-state index contributed by atoms with van der Waals surface area (Å²) < 4.78 is 24.1. The van der Waals surface area contributed by atoms with Crippen LogP contribution in [-0.4, -0.2) is 38.2 Å². The first-order valence-corrected chi connectivity index (χ1v) is 17.1. The van der Waals surface area contributed by atoms with E-state index in [0.717, 1.165) is 37.0 Å². The molecule has 1 saturated heterocycles. The van der Waals surface area contributed by atoms with Crippen LogP contribution in [0.4, 0.5) is 0 Å². The Morgan fingerprint density at radius 1 is 0.864 bits per heavy atom. The topological polar surface area (TPSA) is 54.0 Å². The second kappa shape index (κ2) is 17.8. The van der Waals surface area contributed by atoms with Crippen LogP contribution < -0.4 is 4.74 Å². The van der Waals surface area contributed by atoms with E-state index in [2.05, 4.69) is 63.7 Å². The SMILES string of the molecule is C=C(C)C(=O)OCCCc1cc(-c2ccc(CCCCCCCCC)cc2)c(CC)cc1OCC1(CC)COC(C)(C)OC1. The number of carbonyl (C=O) groups is 1. The van der Waals surface area contributed by atoms with Crippen LogP contribution in [0.3, 0.4) is 0 Å². The molecule has 1 aliphatic rings. The number of hydrogen-bond donors (Lipinski definition) is 0. The highest BCUT2D eigenvalue weighted by Gasteiger charge is 2.39. The van der Waals surface area contributed by atoms with Crippen molar-refractivity contribution in [2.45, 2.75) is 124 Å². The first-order valence-electron chi connectivity index (χ1n) is 17.1. The van der Waals surface area contributed by atoms with E-state index in [9.17, 15) is 4.79 Å². The summed E-state index contributed by atoms with van der Waals surface area (Å²) in [6.07, 6.45) is 13.7. The van der Waals surface area contributed by atoms with Crippen LogP contribution in [0.2, 0.25) is 0 Å². The van der Waals surface area contributed by atoms with Gasteiger partial charge in [0.15, 0.2) is 5.79 Å². The van der Waals surface area contributed by atoms with Crippen molar-refractivity contribution in [3.8, 4) is 16.9 Å². The molecule has 0 N–H and O–H groups in total. The van der Waals surface area contributed by atoms with Crippen molar-refractivity contribution in [2.24, 2.45) is 5.41 Å². The van der Waals surface area contributed by atoms with E-state index in [1.54, 1.807) is 6.92 Å². The molecule has 44 heavy (non-hydrogen) atoms. The molecule has 0 spiro atoms. The predicted molar refractivity (Wildman–Crippen MR) is 181 cm³/mol. The number of hydrogen-bond acceptors (Lipinski definition) is 5. The van der Waals surface area contributed by atoms with E-state index in [-0.39, 0.29) is 11.4 Å². The van der Waals surface area contributed by atoms with Gasteiger partial charge in [-0.15, -0.1) is 0 Å². The van der Waals surface area contributed by atoms with Crippen molar-refractivity contribution in [3.05, 3.63) is 65.2 Å². The van der Waals surface area contributed by atoms with Gasteiger partial charge in [0.05, 0.1) is 31.8 Å². The zero-order chi connectivity index (χ0) is 32.0. The third-order valence-electron chi connectivity index (χ3n) is 8.91. The molecule has 0 atom stereocenters. The summed E-state index contributed by atoms with van der Waals surface area (Å²) in [4.78, 5) is 11.9. The Morgan fingerprint density at radius 3 is 2.14 bits per heavy atom. The minimum absolute atomic E-state index is 0.194. The molecule has 2 aromatic carbocycles. The maximum absolute atomic E-state index is 11.9. The van der Waals surface area contributed by atoms with Crippen LogP contribution in [0, 0.1) is 5.41 Å². The van der Waals surface area contributed by atoms with Crippen LogP contribution in [0.5, 0.6) is 5.75 Å². The summed E-state index contributed by atoms with van der Waals surface area (Å²) in [5, 5.41) is 0. The van der Waals surface area contributed by atoms with Crippen LogP contribution >= 0.6 is 0 Å². The maximum Gasteiger partial charge on any atom is 0.333 e. The number of esters is 1. The van der Waals surface area contributed by atoms with Crippen LogP contribution in [0.25, 0.3) is 11.1 Å². The molecule has 244 valence electrons. The van der Waals surface area contributed by atoms with Gasteiger partial charge in [-0.25, -0.2) is 4.79 Å². The number of rotatable bonds is 19. The van der Waals surface area contributed by atoms with Gasteiger partial charge in [-0.1, -0.05) is 90.1 Å². The lowest BCUT2D eigenvalue weighted by Crippen LogP contribution is -2.49. The second-order valence-corrected chi connectivity index (χ2v) is 13.2. The largest absolute Gasteiger partial charge is 0.493 e. The second-order valence-electron chi connectivity index (χ2n) is 13.2. The summed E-state index contributed by atoms with van der Waals surface area (Å²) in [6, 6.07) is 13.6. The monoisotopic (exact) mass is 606 g/mol. The van der Waals surface area contributed by atoms with Crippen LogP contribution in [0.1, 0.15) is 116 Å². The number of benzene rings is 2. The zero-order valence-electron chi connectivity index (χ0n) is 28.5. The van der Waals surface area contributed by atoms with Gasteiger partial charge < -0.3 is 18.9 Å². The van der Waals surface area contributed by atoms with Gasteiger partial charge in [0.1, 0.15) is 5.75 Å². The normalized spacial score (nSPS) is 15.6. The summed E-state index contributed by atoms with van der Waals surface area (Å²) in [7, 11) is 0. The standard InChI is InChI=1S/C39H58O5/c1-8-11-12-13-14-15-16-18-31-20-22-33(23-21-31)35-25-34(19-17-24-41-37(40)30(4)5)36(26-32(35)9-2)42-27-39(10-3)28-43-38(6,7)44-29-39/h20-23,25-26H,4,8-19,24,27-29H2,1-3,5-7H3. The summed E-state index contributed by atoms with van der Waals surface area (Å²) in [6.45, 7) is 18.0. The smallest absolute Gasteiger partial charge is 0.333 e. The highest BCUT2D eigenvalue weighted by molar-refractivity contribution is 5.86. The number of aryl methyl sites for hydroxylation is 3. The summed E-state index contributed by atoms with van der Waals surface area (Å²) in [5.74, 6) is -0.0125. The minimum Gasteiger partial charge on any atom is -0.493 e. The maximum atomic E-state index is 11.9. The Hall–Kier alpha value is -2.63. The lowest BCUT2D eigenvalue weighted by atomic mass is 9.86. The van der Waals surface area contributed by atoms with Gasteiger partial charge in [-0.2, -0.15) is 0 Å². The molecule has 5 nitrogen and oxygen atoms in total.